The number of thioether (sulfide) groups is 1. The molecule has 0 aliphatic heterocycles. The molecule has 4 rings (SSSR count). The van der Waals surface area contributed by atoms with E-state index in [0.717, 1.165) is 44.9 Å². The lowest BCUT2D eigenvalue weighted by Gasteiger charge is -2.59. The average molecular weight is 490 g/mol. The van der Waals surface area contributed by atoms with Crippen molar-refractivity contribution in [1.82, 2.24) is 5.32 Å². The summed E-state index contributed by atoms with van der Waals surface area (Å²) in [5.41, 5.74) is 0.0692. The van der Waals surface area contributed by atoms with Crippen LogP contribution < -0.4 is 5.32 Å². The number of Topliss-reactive ketones (excluding diaryl/α,β-unsaturated/α-hetero) is 1. The molecular formula is C27H39NO5S. The normalized spacial score (nSPS) is 43.0. The smallest absolute Gasteiger partial charge is 0.302 e. The zero-order valence-electron chi connectivity index (χ0n) is 21.4. The first-order chi connectivity index (χ1) is 15.8. The molecule has 0 aromatic heterocycles. The van der Waals surface area contributed by atoms with Crippen LogP contribution in [0.25, 0.3) is 0 Å². The molecule has 3 unspecified atom stereocenters. The van der Waals surface area contributed by atoms with E-state index in [0.29, 0.717) is 11.8 Å². The molecular weight excluding hydrogens is 450 g/mol. The van der Waals surface area contributed by atoms with Crippen molar-refractivity contribution in [3.63, 3.8) is 0 Å². The Bertz CT molecular complexity index is 945. The Hall–Kier alpha value is -1.63. The quantitative estimate of drug-likeness (QED) is 0.458. The zero-order valence-corrected chi connectivity index (χ0v) is 22.2. The van der Waals surface area contributed by atoms with Crippen LogP contribution in [0, 0.1) is 28.6 Å². The van der Waals surface area contributed by atoms with Crippen molar-refractivity contribution in [3.8, 4) is 0 Å². The highest BCUT2D eigenvalue weighted by Crippen LogP contribution is 2.68. The predicted octanol–water partition coefficient (Wildman–Crippen LogP) is 4.60. The van der Waals surface area contributed by atoms with E-state index >= 15 is 0 Å². The molecule has 8 atom stereocenters. The van der Waals surface area contributed by atoms with E-state index in [1.165, 1.54) is 31.2 Å². The van der Waals surface area contributed by atoms with Gasteiger partial charge in [-0.3, -0.25) is 19.2 Å². The summed E-state index contributed by atoms with van der Waals surface area (Å²) in [4.78, 5) is 49.5. The van der Waals surface area contributed by atoms with Gasteiger partial charge in [-0.2, -0.15) is 0 Å². The standard InChI is InChI=1S/C27H39NO5S/c1-15(29)27(28-16(2)30)24(34-18(4)32)14-23-21-8-7-19-13-20(33-17(3)31)9-11-25(19,5)22(21)10-12-26(23,27)6/h7,20-24H,8-14H2,1-6H3,(H,28,30)/t20-,21?,22?,23?,24-,25-,26-,27+/m0/s1. The minimum Gasteiger partial charge on any atom is -0.462 e. The maximum Gasteiger partial charge on any atom is 0.302 e. The Morgan fingerprint density at radius 3 is 2.32 bits per heavy atom. The van der Waals surface area contributed by atoms with E-state index in [1.54, 1.807) is 13.8 Å². The number of fused-ring (bicyclic) bond motifs is 5. The van der Waals surface area contributed by atoms with Crippen LogP contribution in [0.15, 0.2) is 11.6 Å². The van der Waals surface area contributed by atoms with Gasteiger partial charge >= 0.3 is 5.97 Å². The summed E-state index contributed by atoms with van der Waals surface area (Å²) in [5.74, 6) is 0.684. The fourth-order valence-corrected chi connectivity index (χ4v) is 9.91. The molecule has 0 aromatic rings. The van der Waals surface area contributed by atoms with Crippen molar-refractivity contribution in [2.24, 2.45) is 28.6 Å². The predicted molar refractivity (Wildman–Crippen MR) is 132 cm³/mol. The zero-order chi connectivity index (χ0) is 25.1. The third-order valence-corrected chi connectivity index (χ3v) is 11.0. The van der Waals surface area contributed by atoms with Crippen LogP contribution in [0.1, 0.15) is 86.5 Å². The number of esters is 1. The van der Waals surface area contributed by atoms with Crippen molar-refractivity contribution in [2.75, 3.05) is 0 Å². The third-order valence-electron chi connectivity index (χ3n) is 9.87. The number of carbonyl (C=O) groups is 4. The number of hydrogen-bond acceptors (Lipinski definition) is 6. The van der Waals surface area contributed by atoms with Gasteiger partial charge in [0, 0.05) is 37.9 Å². The Balaban J connectivity index is 1.71. The first-order valence-corrected chi connectivity index (χ1v) is 13.6. The molecule has 0 aromatic carbocycles. The van der Waals surface area contributed by atoms with Gasteiger partial charge in [0.05, 0.1) is 0 Å². The summed E-state index contributed by atoms with van der Waals surface area (Å²) in [6.07, 6.45) is 8.58. The highest BCUT2D eigenvalue weighted by atomic mass is 32.2. The van der Waals surface area contributed by atoms with Gasteiger partial charge in [0.1, 0.15) is 11.6 Å². The molecule has 4 aliphatic rings. The van der Waals surface area contributed by atoms with E-state index in [2.05, 4.69) is 25.2 Å². The molecule has 0 radical (unpaired) electrons. The first kappa shape index (κ1) is 25.5. The SMILES string of the molecule is CC(=O)N[C@]1(C(C)=O)[C@@H](SC(C)=O)CC2C3CC=C4C[C@@H](OC(C)=O)CC[C@]4(C)C3CC[C@@]21C. The first-order valence-electron chi connectivity index (χ1n) is 12.7. The van der Waals surface area contributed by atoms with Gasteiger partial charge in [0.25, 0.3) is 0 Å². The number of allylic oxidation sites excluding steroid dienone is 1. The van der Waals surface area contributed by atoms with Crippen molar-refractivity contribution >= 4 is 34.5 Å². The average Bonchev–Trinajstić information content (AvgIpc) is 2.96. The van der Waals surface area contributed by atoms with E-state index in [1.807, 2.05) is 0 Å². The molecule has 1 amide bonds. The fraction of sp³-hybridized carbons (Fsp3) is 0.778. The van der Waals surface area contributed by atoms with Crippen LogP contribution in [0.2, 0.25) is 0 Å². The van der Waals surface area contributed by atoms with Crippen molar-refractivity contribution in [1.29, 1.82) is 0 Å². The highest BCUT2D eigenvalue weighted by molar-refractivity contribution is 8.14. The third kappa shape index (κ3) is 3.77. The van der Waals surface area contributed by atoms with Crippen LogP contribution in [0.5, 0.6) is 0 Å². The maximum absolute atomic E-state index is 13.3. The van der Waals surface area contributed by atoms with Crippen LogP contribution in [-0.2, 0) is 23.9 Å². The fourth-order valence-electron chi connectivity index (χ4n) is 8.54. The molecule has 0 heterocycles. The van der Waals surface area contributed by atoms with Crippen molar-refractivity contribution in [2.45, 2.75) is 103 Å². The molecule has 0 saturated heterocycles. The van der Waals surface area contributed by atoms with Crippen LogP contribution in [-0.4, -0.2) is 39.7 Å². The Morgan fingerprint density at radius 1 is 1.03 bits per heavy atom. The molecule has 34 heavy (non-hydrogen) atoms. The van der Waals surface area contributed by atoms with Gasteiger partial charge in [0.15, 0.2) is 10.9 Å². The second kappa shape index (κ2) is 8.79. The summed E-state index contributed by atoms with van der Waals surface area (Å²) in [6, 6.07) is 0. The molecule has 4 aliphatic carbocycles. The summed E-state index contributed by atoms with van der Waals surface area (Å²) >= 11 is 1.23. The molecule has 3 fully saturated rings. The second-order valence-electron chi connectivity index (χ2n) is 11.6. The summed E-state index contributed by atoms with van der Waals surface area (Å²) in [7, 11) is 0. The van der Waals surface area contributed by atoms with Gasteiger partial charge in [-0.15, -0.1) is 0 Å². The number of amides is 1. The Kier molecular flexibility index (Phi) is 6.58. The molecule has 6 nitrogen and oxygen atoms in total. The molecule has 1 N–H and O–H groups in total. The van der Waals surface area contributed by atoms with Gasteiger partial charge < -0.3 is 10.1 Å². The lowest BCUT2D eigenvalue weighted by Crippen LogP contribution is -2.67. The number of ether oxygens (including phenoxy) is 1. The van der Waals surface area contributed by atoms with Crippen LogP contribution >= 0.6 is 11.8 Å². The molecule has 0 spiro atoms. The Labute approximate surface area is 207 Å². The molecule has 188 valence electrons. The largest absolute Gasteiger partial charge is 0.462 e. The number of nitrogens with one attached hydrogen (secondary N) is 1. The van der Waals surface area contributed by atoms with Crippen molar-refractivity contribution < 1.29 is 23.9 Å². The van der Waals surface area contributed by atoms with Crippen molar-refractivity contribution in [3.05, 3.63) is 11.6 Å². The van der Waals surface area contributed by atoms with Gasteiger partial charge in [-0.25, -0.2) is 0 Å². The minimum absolute atomic E-state index is 0.0126. The van der Waals surface area contributed by atoms with Gasteiger partial charge in [-0.05, 0) is 68.6 Å². The Morgan fingerprint density at radius 2 is 1.74 bits per heavy atom. The summed E-state index contributed by atoms with van der Waals surface area (Å²) in [5, 5.41) is 2.85. The van der Waals surface area contributed by atoms with E-state index < -0.39 is 11.0 Å². The van der Waals surface area contributed by atoms with Gasteiger partial charge in [0.2, 0.25) is 5.91 Å². The molecule has 3 saturated carbocycles. The summed E-state index contributed by atoms with van der Waals surface area (Å²) < 4.78 is 5.56. The van der Waals surface area contributed by atoms with Crippen LogP contribution in [0.3, 0.4) is 0 Å². The minimum atomic E-state index is -1.03. The van der Waals surface area contributed by atoms with E-state index in [4.69, 9.17) is 4.74 Å². The number of hydrogen-bond donors (Lipinski definition) is 1. The van der Waals surface area contributed by atoms with Crippen LogP contribution in [0.4, 0.5) is 0 Å². The van der Waals surface area contributed by atoms with E-state index in [-0.39, 0.29) is 45.5 Å². The summed E-state index contributed by atoms with van der Waals surface area (Å²) in [6.45, 7) is 10.7. The second-order valence-corrected chi connectivity index (χ2v) is 12.9. The van der Waals surface area contributed by atoms with Gasteiger partial charge in [-0.1, -0.05) is 37.3 Å². The number of carbonyl (C=O) groups excluding carboxylic acids is 4. The maximum atomic E-state index is 13.3. The molecule has 0 bridgehead atoms. The highest BCUT2D eigenvalue weighted by Gasteiger charge is 2.70. The molecule has 7 heteroatoms. The lowest BCUT2D eigenvalue weighted by atomic mass is 9.46. The topological polar surface area (TPSA) is 89.5 Å². The number of ketones is 1. The van der Waals surface area contributed by atoms with E-state index in [9.17, 15) is 19.2 Å². The number of rotatable bonds is 4. The monoisotopic (exact) mass is 489 g/mol. The lowest BCUT2D eigenvalue weighted by molar-refractivity contribution is -0.149.